The lowest BCUT2D eigenvalue weighted by molar-refractivity contribution is 0.106. The molecule has 0 saturated heterocycles. The predicted molar refractivity (Wildman–Crippen MR) is 142 cm³/mol. The Hall–Kier alpha value is -3.84. The van der Waals surface area contributed by atoms with Crippen molar-refractivity contribution in [2.45, 2.75) is 13.3 Å². The molecule has 0 amide bonds. The van der Waals surface area contributed by atoms with E-state index in [0.717, 1.165) is 39.5 Å². The lowest BCUT2D eigenvalue weighted by Gasteiger charge is -2.20. The van der Waals surface area contributed by atoms with Gasteiger partial charge in [-0.25, -0.2) is 5.01 Å². The summed E-state index contributed by atoms with van der Waals surface area (Å²) in [5.41, 5.74) is 5.62. The van der Waals surface area contributed by atoms with Crippen LogP contribution in [0.2, 0.25) is 0 Å². The van der Waals surface area contributed by atoms with Crippen molar-refractivity contribution in [3.63, 3.8) is 0 Å². The Balaban J connectivity index is 1.55. The normalized spacial score (nSPS) is 16.0. The molecule has 0 fully saturated rings. The number of methoxy groups -OCH3 is 2. The minimum atomic E-state index is -0.103. The van der Waals surface area contributed by atoms with Crippen molar-refractivity contribution in [3.8, 4) is 11.5 Å². The van der Waals surface area contributed by atoms with Gasteiger partial charge in [0.1, 0.15) is 5.03 Å². The summed E-state index contributed by atoms with van der Waals surface area (Å²) in [6.45, 7) is 2.72. The number of hydrazone groups is 1. The van der Waals surface area contributed by atoms with Gasteiger partial charge in [-0.15, -0.1) is 0 Å². The Bertz CT molecular complexity index is 1360. The molecule has 0 spiro atoms. The summed E-state index contributed by atoms with van der Waals surface area (Å²) >= 11 is 1.36. The van der Waals surface area contributed by atoms with Gasteiger partial charge in [0, 0.05) is 17.7 Å². The van der Waals surface area contributed by atoms with Crippen LogP contribution in [0.1, 0.15) is 27.0 Å². The number of thioether (sulfide) groups is 1. The van der Waals surface area contributed by atoms with Crippen LogP contribution in [0.25, 0.3) is 0 Å². The number of allylic oxidation sites excluding steroid dienone is 1. The van der Waals surface area contributed by atoms with Crippen molar-refractivity contribution in [2.24, 2.45) is 10.1 Å². The molecular weight excluding hydrogens is 458 g/mol. The molecule has 0 radical (unpaired) electrons. The molecule has 2 aliphatic heterocycles. The Morgan fingerprint density at radius 1 is 1.00 bits per heavy atom. The van der Waals surface area contributed by atoms with E-state index in [9.17, 15) is 4.79 Å². The van der Waals surface area contributed by atoms with Gasteiger partial charge < -0.3 is 9.47 Å². The van der Waals surface area contributed by atoms with Crippen LogP contribution in [0.5, 0.6) is 11.5 Å². The van der Waals surface area contributed by atoms with E-state index >= 15 is 0 Å². The van der Waals surface area contributed by atoms with E-state index in [4.69, 9.17) is 19.6 Å². The van der Waals surface area contributed by atoms with Crippen LogP contribution < -0.4 is 14.5 Å². The molecule has 0 bridgehead atoms. The molecule has 6 nitrogen and oxygen atoms in total. The Labute approximate surface area is 209 Å². The largest absolute Gasteiger partial charge is 0.493 e. The zero-order valence-electron chi connectivity index (χ0n) is 19.8. The molecule has 7 heteroatoms. The molecule has 0 N–H and O–H groups in total. The maximum atomic E-state index is 13.2. The molecule has 176 valence electrons. The molecular formula is C28H25N3O3S. The fraction of sp³-hybridized carbons (Fsp3) is 0.179. The van der Waals surface area contributed by atoms with Crippen LogP contribution in [0.4, 0.5) is 5.69 Å². The van der Waals surface area contributed by atoms with Gasteiger partial charge in [0.15, 0.2) is 16.5 Å². The minimum absolute atomic E-state index is 0.103. The second-order valence-electron chi connectivity index (χ2n) is 8.21. The van der Waals surface area contributed by atoms with Crippen LogP contribution >= 0.6 is 11.8 Å². The number of aryl methyl sites for hydroxylation is 1. The molecule has 0 aromatic heterocycles. The number of nitrogens with zero attached hydrogens (tertiary/aromatic N) is 3. The van der Waals surface area contributed by atoms with Gasteiger partial charge in [0.05, 0.1) is 25.6 Å². The van der Waals surface area contributed by atoms with Crippen LogP contribution in [0, 0.1) is 6.92 Å². The summed E-state index contributed by atoms with van der Waals surface area (Å²) in [5, 5.41) is 7.78. The number of anilines is 1. The molecule has 0 unspecified atom stereocenters. The van der Waals surface area contributed by atoms with Gasteiger partial charge in [-0.1, -0.05) is 48.0 Å². The zero-order chi connectivity index (χ0) is 24.4. The molecule has 0 saturated carbocycles. The summed E-state index contributed by atoms with van der Waals surface area (Å²) in [4.78, 5) is 18.0. The topological polar surface area (TPSA) is 63.5 Å². The highest BCUT2D eigenvalue weighted by Crippen LogP contribution is 2.38. The lowest BCUT2D eigenvalue weighted by Crippen LogP contribution is -2.15. The fourth-order valence-electron chi connectivity index (χ4n) is 4.06. The number of aliphatic imine (C=N–C) groups is 1. The standard InChI is InChI=1S/C28H25N3O3S/c1-18-9-11-21(12-10-18)31-26(35-28(30-31)27(32)19-7-5-4-6-8-19)17-23-22-16-25(34-3)24(33-2)15-20(22)13-14-29-23/h4-12,15-17H,13-14H2,1-3H3/b26-17+. The highest BCUT2D eigenvalue weighted by atomic mass is 32.2. The molecule has 35 heavy (non-hydrogen) atoms. The SMILES string of the molecule is COc1cc2c(cc1OC)C(/C=C1/SC(C(=O)c3ccccc3)=NN1c1ccc(C)cc1)=NCC2. The highest BCUT2D eigenvalue weighted by molar-refractivity contribution is 8.19. The highest BCUT2D eigenvalue weighted by Gasteiger charge is 2.29. The second-order valence-corrected chi connectivity index (χ2v) is 9.22. The first kappa shape index (κ1) is 22.9. The Morgan fingerprint density at radius 2 is 1.71 bits per heavy atom. The average molecular weight is 484 g/mol. The number of Topliss-reactive ketones (excluding diaryl/α,β-unsaturated/α-hetero) is 1. The van der Waals surface area contributed by atoms with Gasteiger partial charge in [-0.3, -0.25) is 9.79 Å². The number of fused-ring (bicyclic) bond motifs is 1. The van der Waals surface area contributed by atoms with Crippen LogP contribution in [0.3, 0.4) is 0 Å². The first-order valence-corrected chi connectivity index (χ1v) is 12.1. The quantitative estimate of drug-likeness (QED) is 0.424. The van der Waals surface area contributed by atoms with Crippen molar-refractivity contribution < 1.29 is 14.3 Å². The number of ketones is 1. The summed E-state index contributed by atoms with van der Waals surface area (Å²) in [7, 11) is 3.27. The van der Waals surface area contributed by atoms with Gasteiger partial charge >= 0.3 is 0 Å². The molecule has 0 aliphatic carbocycles. The summed E-state index contributed by atoms with van der Waals surface area (Å²) in [5.74, 6) is 1.26. The monoisotopic (exact) mass is 483 g/mol. The van der Waals surface area contributed by atoms with Crippen molar-refractivity contribution in [1.29, 1.82) is 0 Å². The Morgan fingerprint density at radius 3 is 2.43 bits per heavy atom. The molecule has 0 atom stereocenters. The first-order chi connectivity index (χ1) is 17.1. The molecule has 5 rings (SSSR count). The third-order valence-electron chi connectivity index (χ3n) is 5.92. The molecule has 3 aromatic rings. The summed E-state index contributed by atoms with van der Waals surface area (Å²) in [6.07, 6.45) is 2.83. The average Bonchev–Trinajstić information content (AvgIpc) is 3.32. The van der Waals surface area contributed by atoms with E-state index in [1.165, 1.54) is 11.8 Å². The number of benzene rings is 3. The van der Waals surface area contributed by atoms with Gasteiger partial charge in [0.2, 0.25) is 5.78 Å². The van der Waals surface area contributed by atoms with Crippen molar-refractivity contribution in [3.05, 3.63) is 100 Å². The molecule has 3 aromatic carbocycles. The van der Waals surface area contributed by atoms with Crippen LogP contribution in [0.15, 0.2) is 87.9 Å². The Kier molecular flexibility index (Phi) is 6.42. The van der Waals surface area contributed by atoms with Gasteiger partial charge in [-0.2, -0.15) is 5.10 Å². The van der Waals surface area contributed by atoms with E-state index in [-0.39, 0.29) is 5.78 Å². The zero-order valence-corrected chi connectivity index (χ0v) is 20.6. The van der Waals surface area contributed by atoms with E-state index in [1.807, 2.05) is 84.7 Å². The first-order valence-electron chi connectivity index (χ1n) is 11.3. The minimum Gasteiger partial charge on any atom is -0.493 e. The van der Waals surface area contributed by atoms with E-state index < -0.39 is 0 Å². The van der Waals surface area contributed by atoms with E-state index in [1.54, 1.807) is 14.2 Å². The van der Waals surface area contributed by atoms with Crippen molar-refractivity contribution in [2.75, 3.05) is 25.8 Å². The number of rotatable bonds is 6. The lowest BCUT2D eigenvalue weighted by atomic mass is 9.96. The fourth-order valence-corrected chi connectivity index (χ4v) is 4.99. The summed E-state index contributed by atoms with van der Waals surface area (Å²) < 4.78 is 11.0. The number of hydrogen-bond donors (Lipinski definition) is 0. The third-order valence-corrected chi connectivity index (χ3v) is 6.88. The van der Waals surface area contributed by atoms with E-state index in [2.05, 4.69) is 0 Å². The van der Waals surface area contributed by atoms with E-state index in [0.29, 0.717) is 28.7 Å². The van der Waals surface area contributed by atoms with Crippen LogP contribution in [-0.2, 0) is 6.42 Å². The summed E-state index contributed by atoms with van der Waals surface area (Å²) in [6, 6.07) is 21.3. The predicted octanol–water partition coefficient (Wildman–Crippen LogP) is 5.65. The number of carbonyl (C=O) groups excluding carboxylic acids is 1. The maximum absolute atomic E-state index is 13.2. The molecule has 2 aliphatic rings. The van der Waals surface area contributed by atoms with Crippen molar-refractivity contribution >= 4 is 34.0 Å². The second kappa shape index (κ2) is 9.80. The smallest absolute Gasteiger partial charge is 0.220 e. The molecule has 2 heterocycles. The third kappa shape index (κ3) is 4.59. The van der Waals surface area contributed by atoms with Gasteiger partial charge in [-0.05, 0) is 61.0 Å². The number of hydrogen-bond acceptors (Lipinski definition) is 7. The van der Waals surface area contributed by atoms with Gasteiger partial charge in [0.25, 0.3) is 0 Å². The van der Waals surface area contributed by atoms with Crippen LogP contribution in [-0.4, -0.2) is 37.3 Å². The maximum Gasteiger partial charge on any atom is 0.220 e. The number of ether oxygens (including phenoxy) is 2. The number of carbonyl (C=O) groups is 1. The van der Waals surface area contributed by atoms with Crippen molar-refractivity contribution in [1.82, 2.24) is 0 Å².